The Hall–Kier alpha value is -4.20. The van der Waals surface area contributed by atoms with Gasteiger partial charge < -0.3 is 15.5 Å². The van der Waals surface area contributed by atoms with Crippen LogP contribution in [0, 0.1) is 10.1 Å². The van der Waals surface area contributed by atoms with E-state index in [1.807, 2.05) is 30.3 Å². The molecule has 4 rings (SSSR count). The summed E-state index contributed by atoms with van der Waals surface area (Å²) in [6, 6.07) is 14.2. The third-order valence-electron chi connectivity index (χ3n) is 4.48. The first-order valence-corrected chi connectivity index (χ1v) is 8.17. The monoisotopic (exact) mass is 376 g/mol. The molecule has 3 aromatic carbocycles. The number of ketones is 2. The molecule has 0 aromatic heterocycles. The van der Waals surface area contributed by atoms with Crippen LogP contribution in [0.2, 0.25) is 0 Å². The van der Waals surface area contributed by atoms with Crippen LogP contribution in [0.4, 0.5) is 17.1 Å². The number of para-hydroxylation sites is 1. The van der Waals surface area contributed by atoms with Gasteiger partial charge in [-0.1, -0.05) is 18.2 Å². The Morgan fingerprint density at radius 3 is 2.18 bits per heavy atom. The van der Waals surface area contributed by atoms with Gasteiger partial charge in [-0.05, 0) is 30.3 Å². The summed E-state index contributed by atoms with van der Waals surface area (Å²) in [5, 5.41) is 34.3. The van der Waals surface area contributed by atoms with Gasteiger partial charge in [0.1, 0.15) is 5.56 Å². The first-order chi connectivity index (χ1) is 13.4. The fraction of sp³-hybridized carbons (Fsp3) is 0. The molecule has 8 nitrogen and oxygen atoms in total. The van der Waals surface area contributed by atoms with Crippen molar-refractivity contribution in [1.29, 1.82) is 0 Å². The maximum Gasteiger partial charge on any atom is 0.285 e. The van der Waals surface area contributed by atoms with Crippen LogP contribution in [-0.2, 0) is 0 Å². The topological polar surface area (TPSA) is 130 Å². The van der Waals surface area contributed by atoms with Gasteiger partial charge >= 0.3 is 0 Å². The highest BCUT2D eigenvalue weighted by molar-refractivity contribution is 6.31. The van der Waals surface area contributed by atoms with Gasteiger partial charge in [0, 0.05) is 22.5 Å². The van der Waals surface area contributed by atoms with Gasteiger partial charge in [-0.25, -0.2) is 0 Å². The molecule has 3 N–H and O–H groups in total. The van der Waals surface area contributed by atoms with Crippen molar-refractivity contribution in [2.75, 3.05) is 5.32 Å². The zero-order valence-corrected chi connectivity index (χ0v) is 14.2. The van der Waals surface area contributed by atoms with E-state index in [1.54, 1.807) is 6.07 Å². The SMILES string of the molecule is O=C1c2ccc(Nc3ccccc3)cc2C(=O)c2c(O)c(O)cc([N+](=O)[O-])c21. The normalized spacial score (nSPS) is 12.3. The quantitative estimate of drug-likeness (QED) is 0.283. The first kappa shape index (κ1) is 17.2. The molecule has 0 amide bonds. The van der Waals surface area contributed by atoms with Gasteiger partial charge in [-0.3, -0.25) is 19.7 Å². The number of anilines is 2. The van der Waals surface area contributed by atoms with Crippen molar-refractivity contribution in [3.63, 3.8) is 0 Å². The van der Waals surface area contributed by atoms with Crippen molar-refractivity contribution in [3.05, 3.63) is 87.0 Å². The predicted octanol–water partition coefficient (Wildman–Crippen LogP) is 3.53. The number of carbonyl (C=O) groups excluding carboxylic acids is 2. The summed E-state index contributed by atoms with van der Waals surface area (Å²) in [4.78, 5) is 36.2. The molecule has 0 saturated carbocycles. The molecule has 138 valence electrons. The minimum Gasteiger partial charge on any atom is -0.504 e. The zero-order chi connectivity index (χ0) is 20.0. The van der Waals surface area contributed by atoms with E-state index in [9.17, 15) is 29.9 Å². The fourth-order valence-electron chi connectivity index (χ4n) is 3.20. The van der Waals surface area contributed by atoms with Gasteiger partial charge in [0.05, 0.1) is 16.6 Å². The minimum atomic E-state index is -0.876. The van der Waals surface area contributed by atoms with E-state index in [0.29, 0.717) is 11.8 Å². The van der Waals surface area contributed by atoms with Crippen LogP contribution in [0.5, 0.6) is 11.5 Å². The minimum absolute atomic E-state index is 0.00991. The molecule has 0 fully saturated rings. The van der Waals surface area contributed by atoms with Crippen LogP contribution in [0.25, 0.3) is 0 Å². The lowest BCUT2D eigenvalue weighted by atomic mass is 9.82. The number of benzene rings is 3. The highest BCUT2D eigenvalue weighted by Gasteiger charge is 2.39. The summed E-state index contributed by atoms with van der Waals surface area (Å²) >= 11 is 0. The third kappa shape index (κ3) is 2.55. The number of nitrogens with one attached hydrogen (secondary N) is 1. The summed E-state index contributed by atoms with van der Waals surface area (Å²) in [5.41, 5.74) is -0.585. The van der Waals surface area contributed by atoms with Crippen LogP contribution in [0.1, 0.15) is 31.8 Å². The molecule has 1 aliphatic rings. The Morgan fingerprint density at radius 2 is 1.50 bits per heavy atom. The molecule has 0 unspecified atom stereocenters. The molecule has 0 saturated heterocycles. The van der Waals surface area contributed by atoms with E-state index in [1.165, 1.54) is 12.1 Å². The Bertz CT molecular complexity index is 1170. The van der Waals surface area contributed by atoms with E-state index in [-0.39, 0.29) is 11.1 Å². The number of rotatable bonds is 3. The number of fused-ring (bicyclic) bond motifs is 2. The second kappa shape index (κ2) is 6.20. The van der Waals surface area contributed by atoms with E-state index in [0.717, 1.165) is 5.69 Å². The van der Waals surface area contributed by atoms with Crippen LogP contribution < -0.4 is 5.32 Å². The number of nitro groups is 1. The first-order valence-electron chi connectivity index (χ1n) is 8.17. The van der Waals surface area contributed by atoms with Crippen molar-refractivity contribution < 1.29 is 24.7 Å². The summed E-state index contributed by atoms with van der Waals surface area (Å²) in [6.07, 6.45) is 0. The number of nitro benzene ring substituents is 1. The molecule has 0 spiro atoms. The Balaban J connectivity index is 1.87. The Morgan fingerprint density at radius 1 is 0.821 bits per heavy atom. The Kier molecular flexibility index (Phi) is 3.82. The van der Waals surface area contributed by atoms with Crippen molar-refractivity contribution >= 4 is 28.6 Å². The number of phenols is 2. The molecule has 28 heavy (non-hydrogen) atoms. The van der Waals surface area contributed by atoms with Gasteiger partial charge in [0.25, 0.3) is 5.69 Å². The molecule has 1 aliphatic carbocycles. The van der Waals surface area contributed by atoms with E-state index >= 15 is 0 Å². The molecule has 8 heteroatoms. The molecule has 0 heterocycles. The van der Waals surface area contributed by atoms with Crippen LogP contribution in [0.3, 0.4) is 0 Å². The summed E-state index contributed by atoms with van der Waals surface area (Å²) < 4.78 is 0. The molecule has 0 bridgehead atoms. The van der Waals surface area contributed by atoms with Gasteiger partial charge in [0.2, 0.25) is 5.78 Å². The summed E-state index contributed by atoms with van der Waals surface area (Å²) in [5.74, 6) is -3.24. The maximum atomic E-state index is 12.9. The van der Waals surface area contributed by atoms with Crippen molar-refractivity contribution in [2.45, 2.75) is 0 Å². The number of nitrogens with zero attached hydrogens (tertiary/aromatic N) is 1. The van der Waals surface area contributed by atoms with Gasteiger partial charge in [-0.15, -0.1) is 0 Å². The molecule has 0 radical (unpaired) electrons. The lowest BCUT2D eigenvalue weighted by Crippen LogP contribution is -2.22. The zero-order valence-electron chi connectivity index (χ0n) is 14.2. The highest BCUT2D eigenvalue weighted by atomic mass is 16.6. The molecular weight excluding hydrogens is 364 g/mol. The molecule has 3 aromatic rings. The number of hydrogen-bond acceptors (Lipinski definition) is 7. The van der Waals surface area contributed by atoms with Crippen LogP contribution in [0.15, 0.2) is 54.6 Å². The fourth-order valence-corrected chi connectivity index (χ4v) is 3.20. The summed E-state index contributed by atoms with van der Waals surface area (Å²) in [7, 11) is 0. The van der Waals surface area contributed by atoms with E-state index in [2.05, 4.69) is 5.32 Å². The predicted molar refractivity (Wildman–Crippen MR) is 99.5 cm³/mol. The number of aromatic hydroxyl groups is 2. The number of hydrogen-bond donors (Lipinski definition) is 3. The molecular formula is C20H12N2O6. The van der Waals surface area contributed by atoms with Crippen LogP contribution in [-0.4, -0.2) is 26.7 Å². The smallest absolute Gasteiger partial charge is 0.285 e. The largest absolute Gasteiger partial charge is 0.504 e. The standard InChI is InChI=1S/C20H12N2O6/c23-15-9-14(22(27)28)16-17(20(15)26)19(25)13-8-11(6-7-12(13)18(16)24)21-10-4-2-1-3-5-10/h1-9,21,23,26H. The molecule has 0 aliphatic heterocycles. The molecule has 0 atom stereocenters. The third-order valence-corrected chi connectivity index (χ3v) is 4.48. The maximum absolute atomic E-state index is 12.9. The highest BCUT2D eigenvalue weighted by Crippen LogP contribution is 2.43. The second-order valence-electron chi connectivity index (χ2n) is 6.18. The van der Waals surface area contributed by atoms with Crippen molar-refractivity contribution in [3.8, 4) is 11.5 Å². The second-order valence-corrected chi connectivity index (χ2v) is 6.18. The van der Waals surface area contributed by atoms with Gasteiger partial charge in [-0.2, -0.15) is 0 Å². The van der Waals surface area contributed by atoms with Crippen molar-refractivity contribution in [1.82, 2.24) is 0 Å². The van der Waals surface area contributed by atoms with E-state index < -0.39 is 44.8 Å². The summed E-state index contributed by atoms with van der Waals surface area (Å²) in [6.45, 7) is 0. The van der Waals surface area contributed by atoms with Gasteiger partial charge in [0.15, 0.2) is 17.3 Å². The Labute approximate surface area is 157 Å². The lowest BCUT2D eigenvalue weighted by Gasteiger charge is -2.20. The van der Waals surface area contributed by atoms with Crippen molar-refractivity contribution in [2.24, 2.45) is 0 Å². The average molecular weight is 376 g/mol. The number of phenolic OH excluding ortho intramolecular Hbond substituents is 2. The lowest BCUT2D eigenvalue weighted by molar-refractivity contribution is -0.385. The van der Waals surface area contributed by atoms with E-state index in [4.69, 9.17) is 0 Å². The number of carbonyl (C=O) groups is 2. The van der Waals surface area contributed by atoms with Crippen LogP contribution >= 0.6 is 0 Å². The average Bonchev–Trinajstić information content (AvgIpc) is 2.68.